The van der Waals surface area contributed by atoms with E-state index in [-0.39, 0.29) is 23.9 Å². The van der Waals surface area contributed by atoms with Crippen LogP contribution in [0, 0.1) is 17.7 Å². The van der Waals surface area contributed by atoms with Crippen LogP contribution in [0.25, 0.3) is 0 Å². The first kappa shape index (κ1) is 35.0. The van der Waals surface area contributed by atoms with Crippen LogP contribution < -0.4 is 26.6 Å². The van der Waals surface area contributed by atoms with Crippen LogP contribution in [-0.4, -0.2) is 61.8 Å². The van der Waals surface area contributed by atoms with Gasteiger partial charge in [0.05, 0.1) is 24.4 Å². The SMILES string of the molecule is C=C1NC2CSCC2N1.CC#CCNC.CCCCC(=O)NCCCCCC(=O)NCc1ccc(C=O)cc1F. The van der Waals surface area contributed by atoms with Crippen molar-refractivity contribution >= 4 is 29.9 Å². The fourth-order valence-electron chi connectivity index (χ4n) is 3.81. The Hall–Kier alpha value is -3.03. The molecule has 5 N–H and O–H groups in total. The average Bonchev–Trinajstić information content (AvgIpc) is 3.53. The number of hydrogen-bond acceptors (Lipinski definition) is 7. The molecule has 2 atom stereocenters. The molecule has 2 fully saturated rings. The monoisotopic (exact) mass is 575 g/mol. The summed E-state index contributed by atoms with van der Waals surface area (Å²) in [5.41, 5.74) is 0.628. The number of carbonyl (C=O) groups is 3. The van der Waals surface area contributed by atoms with Gasteiger partial charge >= 0.3 is 0 Å². The maximum atomic E-state index is 13.7. The van der Waals surface area contributed by atoms with Gasteiger partial charge in [0.1, 0.15) is 12.1 Å². The van der Waals surface area contributed by atoms with Crippen molar-refractivity contribution in [2.45, 2.75) is 77.4 Å². The van der Waals surface area contributed by atoms with Crippen LogP contribution in [0.3, 0.4) is 0 Å². The minimum Gasteiger partial charge on any atom is -0.367 e. The summed E-state index contributed by atoms with van der Waals surface area (Å²) < 4.78 is 13.7. The second-order valence-corrected chi connectivity index (χ2v) is 10.6. The lowest BCUT2D eigenvalue weighted by molar-refractivity contribution is -0.122. The normalized spacial score (nSPS) is 16.4. The summed E-state index contributed by atoms with van der Waals surface area (Å²) in [6, 6.07) is 5.49. The zero-order chi connectivity index (χ0) is 29.6. The van der Waals surface area contributed by atoms with E-state index in [4.69, 9.17) is 0 Å². The van der Waals surface area contributed by atoms with Gasteiger partial charge in [0, 0.05) is 48.6 Å². The highest BCUT2D eigenvalue weighted by Gasteiger charge is 2.32. The summed E-state index contributed by atoms with van der Waals surface area (Å²) in [6.45, 7) is 9.23. The molecule has 2 unspecified atom stereocenters. The second-order valence-electron chi connectivity index (χ2n) is 9.48. The molecule has 40 heavy (non-hydrogen) atoms. The van der Waals surface area contributed by atoms with E-state index < -0.39 is 5.82 Å². The molecule has 2 heterocycles. The van der Waals surface area contributed by atoms with Crippen molar-refractivity contribution in [3.63, 3.8) is 0 Å². The molecule has 10 heteroatoms. The highest BCUT2D eigenvalue weighted by Crippen LogP contribution is 2.22. The molecule has 3 rings (SSSR count). The van der Waals surface area contributed by atoms with E-state index in [1.165, 1.54) is 23.6 Å². The van der Waals surface area contributed by atoms with Gasteiger partial charge in [-0.15, -0.1) is 5.92 Å². The summed E-state index contributed by atoms with van der Waals surface area (Å²) in [5.74, 6) is 8.52. The van der Waals surface area contributed by atoms with Crippen LogP contribution in [0.5, 0.6) is 0 Å². The lowest BCUT2D eigenvalue weighted by Gasteiger charge is -2.07. The van der Waals surface area contributed by atoms with Crippen LogP contribution >= 0.6 is 11.8 Å². The Balaban J connectivity index is 0.000000427. The van der Waals surface area contributed by atoms with E-state index >= 15 is 0 Å². The first-order valence-electron chi connectivity index (χ1n) is 13.9. The van der Waals surface area contributed by atoms with Crippen LogP contribution in [0.4, 0.5) is 4.39 Å². The molecule has 8 nitrogen and oxygen atoms in total. The van der Waals surface area contributed by atoms with E-state index in [9.17, 15) is 18.8 Å². The number of amides is 2. The van der Waals surface area contributed by atoms with Crippen molar-refractivity contribution in [3.8, 4) is 11.8 Å². The third-order valence-electron chi connectivity index (χ3n) is 6.09. The minimum atomic E-state index is -0.497. The lowest BCUT2D eigenvalue weighted by Crippen LogP contribution is -2.31. The number of thioether (sulfide) groups is 1. The van der Waals surface area contributed by atoms with Gasteiger partial charge in [-0.25, -0.2) is 4.39 Å². The van der Waals surface area contributed by atoms with Gasteiger partial charge in [0.2, 0.25) is 11.8 Å². The quantitative estimate of drug-likeness (QED) is 0.139. The number of carbonyl (C=O) groups excluding carboxylic acids is 3. The molecule has 2 aliphatic rings. The number of rotatable bonds is 13. The van der Waals surface area contributed by atoms with Gasteiger partial charge in [-0.1, -0.05) is 44.4 Å². The zero-order valence-electron chi connectivity index (χ0n) is 24.2. The van der Waals surface area contributed by atoms with Crippen LogP contribution in [0.15, 0.2) is 30.6 Å². The first-order valence-corrected chi connectivity index (χ1v) is 15.1. The van der Waals surface area contributed by atoms with Gasteiger partial charge in [-0.2, -0.15) is 11.8 Å². The Morgan fingerprint density at radius 2 is 1.77 bits per heavy atom. The van der Waals surface area contributed by atoms with Crippen molar-refractivity contribution in [2.24, 2.45) is 0 Å². The number of unbranched alkanes of at least 4 members (excludes halogenated alkanes) is 3. The molecule has 1 aromatic rings. The fourth-order valence-corrected chi connectivity index (χ4v) is 5.08. The standard InChI is InChI=1S/C19H27FN2O3.C6H10N2S.C5H9N/c1-2-3-7-18(24)21-11-6-4-5-8-19(25)22-13-16-10-9-15(14-23)12-17(16)20;1-4-7-5-2-9-3-6(5)8-4;1-3-4-5-6-2/h9-10,12,14H,2-8,11,13H2,1H3,(H,21,24)(H,22,25);5-8H,1-3H2;6H,5H2,1-2H3. The molecule has 0 aliphatic carbocycles. The molecule has 0 radical (unpaired) electrons. The Labute approximate surface area is 243 Å². The molecule has 222 valence electrons. The van der Waals surface area contributed by atoms with Crippen molar-refractivity contribution in [1.82, 2.24) is 26.6 Å². The molecule has 0 bridgehead atoms. The van der Waals surface area contributed by atoms with E-state index in [1.807, 2.05) is 32.7 Å². The fraction of sp³-hybridized carbons (Fsp3) is 0.567. The largest absolute Gasteiger partial charge is 0.367 e. The van der Waals surface area contributed by atoms with Crippen molar-refractivity contribution in [1.29, 1.82) is 0 Å². The van der Waals surface area contributed by atoms with E-state index in [1.54, 1.807) is 0 Å². The van der Waals surface area contributed by atoms with Gasteiger partial charge in [0.25, 0.3) is 0 Å². The minimum absolute atomic E-state index is 0.0854. The Morgan fingerprint density at radius 1 is 1.10 bits per heavy atom. The molecule has 0 spiro atoms. The van der Waals surface area contributed by atoms with Crippen LogP contribution in [-0.2, 0) is 16.1 Å². The first-order chi connectivity index (χ1) is 19.3. The predicted octanol–water partition coefficient (Wildman–Crippen LogP) is 3.48. The van der Waals surface area contributed by atoms with Gasteiger partial charge in [-0.3, -0.25) is 14.4 Å². The molecule has 2 amide bonds. The highest BCUT2D eigenvalue weighted by atomic mass is 32.2. The maximum absolute atomic E-state index is 13.7. The third kappa shape index (κ3) is 15.5. The number of benzene rings is 1. The molecular weight excluding hydrogens is 529 g/mol. The molecule has 1 aromatic carbocycles. The van der Waals surface area contributed by atoms with Gasteiger partial charge in [0.15, 0.2) is 0 Å². The second kappa shape index (κ2) is 21.8. The average molecular weight is 576 g/mol. The highest BCUT2D eigenvalue weighted by molar-refractivity contribution is 7.99. The molecule has 2 aliphatic heterocycles. The predicted molar refractivity (Wildman–Crippen MR) is 162 cm³/mol. The summed E-state index contributed by atoms with van der Waals surface area (Å²) in [6.07, 6.45) is 5.86. The Morgan fingerprint density at radius 3 is 2.35 bits per heavy atom. The van der Waals surface area contributed by atoms with Crippen LogP contribution in [0.2, 0.25) is 0 Å². The van der Waals surface area contributed by atoms with Crippen molar-refractivity contribution in [3.05, 3.63) is 47.5 Å². The third-order valence-corrected chi connectivity index (χ3v) is 7.28. The van der Waals surface area contributed by atoms with E-state index in [2.05, 4.69) is 45.0 Å². The number of nitrogens with one attached hydrogen (secondary N) is 5. The van der Waals surface area contributed by atoms with E-state index in [0.29, 0.717) is 43.3 Å². The lowest BCUT2D eigenvalue weighted by atomic mass is 10.1. The Kier molecular flexibility index (Phi) is 19.0. The van der Waals surface area contributed by atoms with Gasteiger partial charge in [-0.05, 0) is 39.3 Å². The molecule has 2 saturated heterocycles. The number of aldehydes is 1. The number of halogens is 1. The summed E-state index contributed by atoms with van der Waals surface area (Å²) in [5, 5.41) is 15.0. The van der Waals surface area contributed by atoms with Crippen molar-refractivity contribution in [2.75, 3.05) is 31.6 Å². The van der Waals surface area contributed by atoms with Crippen LogP contribution in [0.1, 0.15) is 74.7 Å². The maximum Gasteiger partial charge on any atom is 0.220 e. The molecule has 0 saturated carbocycles. The van der Waals surface area contributed by atoms with E-state index in [0.717, 1.165) is 50.5 Å². The summed E-state index contributed by atoms with van der Waals surface area (Å²) >= 11 is 2.00. The smallest absolute Gasteiger partial charge is 0.220 e. The summed E-state index contributed by atoms with van der Waals surface area (Å²) in [4.78, 5) is 33.7. The number of hydrogen-bond donors (Lipinski definition) is 5. The topological polar surface area (TPSA) is 111 Å². The Bertz CT molecular complexity index is 981. The number of fused-ring (bicyclic) bond motifs is 1. The zero-order valence-corrected chi connectivity index (χ0v) is 25.0. The van der Waals surface area contributed by atoms with Gasteiger partial charge < -0.3 is 26.6 Å². The summed E-state index contributed by atoms with van der Waals surface area (Å²) in [7, 11) is 1.88. The van der Waals surface area contributed by atoms with Crippen molar-refractivity contribution < 1.29 is 18.8 Å². The molecule has 0 aromatic heterocycles. The molecular formula is C30H46FN5O3S.